The van der Waals surface area contributed by atoms with Crippen molar-refractivity contribution in [3.05, 3.63) is 32.8 Å². The molecule has 0 unspecified atom stereocenters. The van der Waals surface area contributed by atoms with Gasteiger partial charge in [0.1, 0.15) is 0 Å². The molecule has 3 nitrogen and oxygen atoms in total. The van der Waals surface area contributed by atoms with Crippen LogP contribution in [0.15, 0.2) is 12.1 Å². The van der Waals surface area contributed by atoms with Crippen molar-refractivity contribution in [2.24, 2.45) is 5.73 Å². The van der Waals surface area contributed by atoms with Gasteiger partial charge in [-0.3, -0.25) is 4.79 Å². The fraction of sp³-hybridized carbons (Fsp3) is 0.364. The van der Waals surface area contributed by atoms with Gasteiger partial charge in [0.15, 0.2) is 0 Å². The lowest BCUT2D eigenvalue weighted by Gasteiger charge is -2.14. The zero-order valence-corrected chi connectivity index (χ0v) is 11.4. The van der Waals surface area contributed by atoms with E-state index in [4.69, 9.17) is 45.3 Å². The molecule has 0 saturated carbocycles. The lowest BCUT2D eigenvalue weighted by Crippen LogP contribution is -2.17. The maximum absolute atomic E-state index is 11.3. The molecule has 0 aliphatic carbocycles. The summed E-state index contributed by atoms with van der Waals surface area (Å²) < 4.78 is 4.81. The Morgan fingerprint density at radius 3 is 2.65 bits per heavy atom. The summed E-state index contributed by atoms with van der Waals surface area (Å²) in [4.78, 5) is 11.3. The molecule has 0 aromatic heterocycles. The fourth-order valence-electron chi connectivity index (χ4n) is 1.36. The van der Waals surface area contributed by atoms with Crippen LogP contribution in [0.4, 0.5) is 0 Å². The maximum atomic E-state index is 11.3. The normalized spacial score (nSPS) is 12.3. The molecule has 0 aliphatic rings. The third-order valence-corrected chi connectivity index (χ3v) is 3.15. The van der Waals surface area contributed by atoms with E-state index in [-0.39, 0.29) is 12.4 Å². The molecule has 0 heterocycles. The van der Waals surface area contributed by atoms with Gasteiger partial charge < -0.3 is 10.5 Å². The summed E-state index contributed by atoms with van der Waals surface area (Å²) in [5.41, 5.74) is 6.40. The van der Waals surface area contributed by atoms with E-state index in [2.05, 4.69) is 0 Å². The van der Waals surface area contributed by atoms with Gasteiger partial charge in [0.05, 0.1) is 23.1 Å². The fourth-order valence-corrected chi connectivity index (χ4v) is 2.11. The van der Waals surface area contributed by atoms with Crippen molar-refractivity contribution in [1.29, 1.82) is 0 Å². The highest BCUT2D eigenvalue weighted by Gasteiger charge is 2.17. The van der Waals surface area contributed by atoms with E-state index >= 15 is 0 Å². The first kappa shape index (κ1) is 14.6. The molecule has 0 fully saturated rings. The minimum Gasteiger partial charge on any atom is -0.466 e. The molecule has 0 bridgehead atoms. The van der Waals surface area contributed by atoms with Crippen LogP contribution in [0, 0.1) is 0 Å². The highest BCUT2D eigenvalue weighted by atomic mass is 35.5. The Kier molecular flexibility index (Phi) is 5.53. The number of hydrogen-bond acceptors (Lipinski definition) is 3. The van der Waals surface area contributed by atoms with Gasteiger partial charge in [-0.15, -0.1) is 0 Å². The average molecular weight is 297 g/mol. The quantitative estimate of drug-likeness (QED) is 0.682. The summed E-state index contributed by atoms with van der Waals surface area (Å²) >= 11 is 17.7. The predicted molar refractivity (Wildman–Crippen MR) is 69.7 cm³/mol. The summed E-state index contributed by atoms with van der Waals surface area (Å²) in [6.07, 6.45) is 0.0320. The van der Waals surface area contributed by atoms with Crippen molar-refractivity contribution >= 4 is 40.8 Å². The number of halogens is 3. The lowest BCUT2D eigenvalue weighted by atomic mass is 10.0. The molecule has 0 radical (unpaired) electrons. The Balaban J connectivity index is 2.88. The van der Waals surface area contributed by atoms with Crippen molar-refractivity contribution in [3.8, 4) is 0 Å². The van der Waals surface area contributed by atoms with Crippen LogP contribution in [-0.2, 0) is 9.53 Å². The van der Waals surface area contributed by atoms with Gasteiger partial charge in [-0.25, -0.2) is 0 Å². The summed E-state index contributed by atoms with van der Waals surface area (Å²) in [6.45, 7) is 2.04. The van der Waals surface area contributed by atoms with E-state index in [1.54, 1.807) is 13.0 Å². The van der Waals surface area contributed by atoms with E-state index < -0.39 is 6.04 Å². The molecule has 1 aromatic carbocycles. The van der Waals surface area contributed by atoms with Gasteiger partial charge in [-0.2, -0.15) is 0 Å². The summed E-state index contributed by atoms with van der Waals surface area (Å²) in [6, 6.07) is 2.53. The van der Waals surface area contributed by atoms with Crippen molar-refractivity contribution in [2.45, 2.75) is 19.4 Å². The van der Waals surface area contributed by atoms with Crippen LogP contribution >= 0.6 is 34.8 Å². The first-order valence-corrected chi connectivity index (χ1v) is 6.14. The SMILES string of the molecule is CCOC(=O)C[C@H](N)c1cc(Cl)cc(Cl)c1Cl. The van der Waals surface area contributed by atoms with Gasteiger partial charge in [-0.05, 0) is 24.6 Å². The zero-order valence-electron chi connectivity index (χ0n) is 9.17. The molecule has 17 heavy (non-hydrogen) atoms. The first-order chi connectivity index (χ1) is 7.95. The number of benzene rings is 1. The number of rotatable bonds is 4. The summed E-state index contributed by atoms with van der Waals surface area (Å²) in [5, 5.41) is 1.05. The van der Waals surface area contributed by atoms with E-state index in [9.17, 15) is 4.79 Å². The van der Waals surface area contributed by atoms with Gasteiger partial charge in [0.2, 0.25) is 0 Å². The molecule has 1 aromatic rings. The molecular weight excluding hydrogens is 284 g/mol. The maximum Gasteiger partial charge on any atom is 0.307 e. The van der Waals surface area contributed by atoms with E-state index in [1.807, 2.05) is 0 Å². The largest absolute Gasteiger partial charge is 0.466 e. The van der Waals surface area contributed by atoms with E-state index in [0.717, 1.165) is 0 Å². The number of hydrogen-bond donors (Lipinski definition) is 1. The van der Waals surface area contributed by atoms with Crippen molar-refractivity contribution in [1.82, 2.24) is 0 Å². The van der Waals surface area contributed by atoms with Gasteiger partial charge in [0, 0.05) is 11.1 Å². The highest BCUT2D eigenvalue weighted by molar-refractivity contribution is 6.43. The van der Waals surface area contributed by atoms with E-state index in [1.165, 1.54) is 6.07 Å². The molecule has 94 valence electrons. The third kappa shape index (κ3) is 4.03. The van der Waals surface area contributed by atoms with Crippen LogP contribution in [0.2, 0.25) is 15.1 Å². The first-order valence-electron chi connectivity index (χ1n) is 5.01. The van der Waals surface area contributed by atoms with Crippen LogP contribution in [0.25, 0.3) is 0 Å². The number of carbonyl (C=O) groups excluding carboxylic acids is 1. The molecule has 1 rings (SSSR count). The second-order valence-corrected chi connectivity index (χ2v) is 4.63. The topological polar surface area (TPSA) is 52.3 Å². The average Bonchev–Trinajstić information content (AvgIpc) is 2.23. The molecule has 0 amide bonds. The lowest BCUT2D eigenvalue weighted by molar-refractivity contribution is -0.143. The molecule has 0 saturated heterocycles. The minimum absolute atomic E-state index is 0.0320. The van der Waals surface area contributed by atoms with Crippen molar-refractivity contribution in [2.75, 3.05) is 6.61 Å². The highest BCUT2D eigenvalue weighted by Crippen LogP contribution is 2.33. The van der Waals surface area contributed by atoms with Gasteiger partial charge in [0.25, 0.3) is 0 Å². The molecule has 2 N–H and O–H groups in total. The second kappa shape index (κ2) is 6.45. The zero-order chi connectivity index (χ0) is 13.0. The predicted octanol–water partition coefficient (Wildman–Crippen LogP) is 3.60. The Morgan fingerprint density at radius 2 is 2.06 bits per heavy atom. The van der Waals surface area contributed by atoms with Crippen LogP contribution in [0.5, 0.6) is 0 Å². The number of ether oxygens (including phenoxy) is 1. The molecule has 1 atom stereocenters. The van der Waals surface area contributed by atoms with Gasteiger partial charge in [-0.1, -0.05) is 34.8 Å². The van der Waals surface area contributed by atoms with Crippen molar-refractivity contribution < 1.29 is 9.53 Å². The Labute approximate surface area is 115 Å². The molecule has 0 aliphatic heterocycles. The number of nitrogens with two attached hydrogens (primary N) is 1. The molecule has 0 spiro atoms. The monoisotopic (exact) mass is 295 g/mol. The van der Waals surface area contributed by atoms with Gasteiger partial charge >= 0.3 is 5.97 Å². The van der Waals surface area contributed by atoms with E-state index in [0.29, 0.717) is 27.2 Å². The number of esters is 1. The Bertz CT molecular complexity index is 423. The summed E-state index contributed by atoms with van der Waals surface area (Å²) in [5.74, 6) is -0.382. The Morgan fingerprint density at radius 1 is 1.41 bits per heavy atom. The molecule has 6 heteroatoms. The second-order valence-electron chi connectivity index (χ2n) is 3.41. The Hall–Kier alpha value is -0.480. The van der Waals surface area contributed by atoms with Crippen LogP contribution < -0.4 is 5.73 Å². The van der Waals surface area contributed by atoms with Crippen LogP contribution in [0.3, 0.4) is 0 Å². The van der Waals surface area contributed by atoms with Crippen molar-refractivity contribution in [3.63, 3.8) is 0 Å². The smallest absolute Gasteiger partial charge is 0.307 e. The van der Waals surface area contributed by atoms with Crippen LogP contribution in [-0.4, -0.2) is 12.6 Å². The molecular formula is C11H12Cl3NO2. The van der Waals surface area contributed by atoms with Crippen LogP contribution in [0.1, 0.15) is 24.9 Å². The third-order valence-electron chi connectivity index (χ3n) is 2.11. The minimum atomic E-state index is -0.585. The summed E-state index contributed by atoms with van der Waals surface area (Å²) in [7, 11) is 0. The number of carbonyl (C=O) groups is 1. The standard InChI is InChI=1S/C11H12Cl3NO2/c1-2-17-10(16)5-9(15)7-3-6(12)4-8(13)11(7)14/h3-4,9H,2,5,15H2,1H3/t9-/m0/s1.